The molecule has 0 radical (unpaired) electrons. The van der Waals surface area contributed by atoms with Gasteiger partial charge in [0.1, 0.15) is 0 Å². The van der Waals surface area contributed by atoms with Crippen LogP contribution in [0.15, 0.2) is 28.7 Å². The summed E-state index contributed by atoms with van der Waals surface area (Å²) in [4.78, 5) is 10.8. The van der Waals surface area contributed by atoms with Crippen molar-refractivity contribution in [3.05, 3.63) is 34.3 Å². The summed E-state index contributed by atoms with van der Waals surface area (Å²) < 4.78 is 1.06. The lowest BCUT2D eigenvalue weighted by molar-refractivity contribution is -0.156. The van der Waals surface area contributed by atoms with E-state index in [4.69, 9.17) is 5.11 Å². The molecule has 1 aromatic carbocycles. The number of carboxylic acid groups (broad SMARTS) is 1. The Hall–Kier alpha value is -0.910. The molecule has 112 valence electrons. The normalized spacial score (nSPS) is 15.6. The Labute approximate surface area is 128 Å². The lowest BCUT2D eigenvalue weighted by Crippen LogP contribution is -2.47. The van der Waals surface area contributed by atoms with Crippen LogP contribution in [0.5, 0.6) is 0 Å². The quantitative estimate of drug-likeness (QED) is 0.678. The lowest BCUT2D eigenvalue weighted by atomic mass is 10.0. The van der Waals surface area contributed by atoms with Crippen LogP contribution in [-0.2, 0) is 11.2 Å². The first-order valence-corrected chi connectivity index (χ1v) is 7.58. The molecule has 0 aliphatic carbocycles. The van der Waals surface area contributed by atoms with Gasteiger partial charge < -0.3 is 15.5 Å². The first-order valence-electron chi connectivity index (χ1n) is 6.78. The second kappa shape index (κ2) is 7.76. The standard InChI is InChI=1S/C15H22BrNO3/c1-3-13(17-10-15(2,20)14(18)19)9-6-11-4-7-12(16)8-5-11/h4-5,7-8,13,17,20H,3,6,9-10H2,1-2H3,(H,18,19). The highest BCUT2D eigenvalue weighted by molar-refractivity contribution is 9.10. The first-order chi connectivity index (χ1) is 9.35. The summed E-state index contributed by atoms with van der Waals surface area (Å²) in [7, 11) is 0. The van der Waals surface area contributed by atoms with Crippen LogP contribution < -0.4 is 5.32 Å². The number of carbonyl (C=O) groups is 1. The van der Waals surface area contributed by atoms with E-state index in [0.717, 1.165) is 23.7 Å². The third kappa shape index (κ3) is 5.61. The van der Waals surface area contributed by atoms with Gasteiger partial charge in [0.15, 0.2) is 5.60 Å². The number of hydrogen-bond donors (Lipinski definition) is 3. The number of benzene rings is 1. The molecule has 20 heavy (non-hydrogen) atoms. The number of rotatable bonds is 8. The van der Waals surface area contributed by atoms with Crippen molar-refractivity contribution in [1.82, 2.24) is 5.32 Å². The number of aryl methyl sites for hydroxylation is 1. The van der Waals surface area contributed by atoms with Gasteiger partial charge in [-0.1, -0.05) is 35.0 Å². The van der Waals surface area contributed by atoms with Crippen molar-refractivity contribution in [2.45, 2.75) is 44.8 Å². The highest BCUT2D eigenvalue weighted by atomic mass is 79.9. The van der Waals surface area contributed by atoms with E-state index >= 15 is 0 Å². The molecule has 0 bridgehead atoms. The molecule has 4 nitrogen and oxygen atoms in total. The Morgan fingerprint density at radius 2 is 2.00 bits per heavy atom. The minimum atomic E-state index is -1.72. The van der Waals surface area contributed by atoms with Gasteiger partial charge in [0.25, 0.3) is 0 Å². The first kappa shape index (κ1) is 17.1. The number of aliphatic carboxylic acids is 1. The molecular weight excluding hydrogens is 322 g/mol. The largest absolute Gasteiger partial charge is 0.479 e. The minimum absolute atomic E-state index is 0.0567. The fourth-order valence-corrected chi connectivity index (χ4v) is 2.13. The number of nitrogens with one attached hydrogen (secondary N) is 1. The van der Waals surface area contributed by atoms with Crippen LogP contribution in [0.2, 0.25) is 0 Å². The van der Waals surface area contributed by atoms with Crippen LogP contribution in [-0.4, -0.2) is 34.4 Å². The molecule has 0 saturated carbocycles. The SMILES string of the molecule is CCC(CCc1ccc(Br)cc1)NCC(C)(O)C(=O)O. The van der Waals surface area contributed by atoms with Gasteiger partial charge in [0.05, 0.1) is 0 Å². The molecule has 0 aromatic heterocycles. The Kier molecular flexibility index (Phi) is 6.65. The van der Waals surface area contributed by atoms with Crippen LogP contribution in [0.1, 0.15) is 32.3 Å². The molecular formula is C15H22BrNO3. The minimum Gasteiger partial charge on any atom is -0.479 e. The zero-order valence-corrected chi connectivity index (χ0v) is 13.5. The molecule has 0 aliphatic heterocycles. The molecule has 2 unspecified atom stereocenters. The molecule has 0 aliphatic rings. The molecule has 1 aromatic rings. The van der Waals surface area contributed by atoms with E-state index in [-0.39, 0.29) is 12.6 Å². The third-order valence-corrected chi connectivity index (χ3v) is 3.91. The van der Waals surface area contributed by atoms with Crippen molar-refractivity contribution in [2.24, 2.45) is 0 Å². The summed E-state index contributed by atoms with van der Waals surface area (Å²) in [6, 6.07) is 8.37. The molecule has 1 rings (SSSR count). The van der Waals surface area contributed by atoms with Gasteiger partial charge in [0, 0.05) is 17.1 Å². The Morgan fingerprint density at radius 1 is 1.40 bits per heavy atom. The second-order valence-electron chi connectivity index (χ2n) is 5.23. The van der Waals surface area contributed by atoms with Crippen LogP contribution in [0.4, 0.5) is 0 Å². The average molecular weight is 344 g/mol. The third-order valence-electron chi connectivity index (χ3n) is 3.38. The molecule has 0 spiro atoms. The van der Waals surface area contributed by atoms with E-state index in [1.807, 2.05) is 12.1 Å². The van der Waals surface area contributed by atoms with Crippen molar-refractivity contribution < 1.29 is 15.0 Å². The fourth-order valence-electron chi connectivity index (χ4n) is 1.86. The summed E-state index contributed by atoms with van der Waals surface area (Å²) in [6.45, 7) is 3.42. The molecule has 5 heteroatoms. The molecule has 3 N–H and O–H groups in total. The van der Waals surface area contributed by atoms with E-state index in [1.165, 1.54) is 12.5 Å². The van der Waals surface area contributed by atoms with Gasteiger partial charge in [-0.05, 0) is 43.9 Å². The topological polar surface area (TPSA) is 69.6 Å². The van der Waals surface area contributed by atoms with Crippen molar-refractivity contribution in [2.75, 3.05) is 6.54 Å². The molecule has 0 fully saturated rings. The predicted octanol–water partition coefficient (Wildman–Crippen LogP) is 2.59. The highest BCUT2D eigenvalue weighted by Crippen LogP contribution is 2.13. The monoisotopic (exact) mass is 343 g/mol. The van der Waals surface area contributed by atoms with Gasteiger partial charge in [-0.2, -0.15) is 0 Å². The maximum absolute atomic E-state index is 10.8. The van der Waals surface area contributed by atoms with Crippen LogP contribution >= 0.6 is 15.9 Å². The van der Waals surface area contributed by atoms with Gasteiger partial charge in [0.2, 0.25) is 0 Å². The van der Waals surface area contributed by atoms with Crippen LogP contribution in [0, 0.1) is 0 Å². The number of halogens is 1. The van der Waals surface area contributed by atoms with Crippen LogP contribution in [0.25, 0.3) is 0 Å². The van der Waals surface area contributed by atoms with E-state index in [9.17, 15) is 9.90 Å². The Morgan fingerprint density at radius 3 is 2.50 bits per heavy atom. The zero-order chi connectivity index (χ0) is 15.2. The van der Waals surface area contributed by atoms with Crippen molar-refractivity contribution in [1.29, 1.82) is 0 Å². The Balaban J connectivity index is 2.43. The maximum atomic E-state index is 10.8. The number of carboxylic acids is 1. The summed E-state index contributed by atoms with van der Waals surface area (Å²) in [5, 5.41) is 21.7. The smallest absolute Gasteiger partial charge is 0.336 e. The van der Waals surface area contributed by atoms with Gasteiger partial charge in [-0.15, -0.1) is 0 Å². The van der Waals surface area contributed by atoms with E-state index < -0.39 is 11.6 Å². The van der Waals surface area contributed by atoms with Gasteiger partial charge in [-0.3, -0.25) is 0 Å². The predicted molar refractivity (Wildman–Crippen MR) is 82.8 cm³/mol. The molecule has 0 heterocycles. The number of hydrogen-bond acceptors (Lipinski definition) is 3. The summed E-state index contributed by atoms with van der Waals surface area (Å²) >= 11 is 3.40. The van der Waals surface area contributed by atoms with Crippen molar-refractivity contribution >= 4 is 21.9 Å². The molecule has 2 atom stereocenters. The Bertz CT molecular complexity index is 431. The average Bonchev–Trinajstić information content (AvgIpc) is 2.40. The highest BCUT2D eigenvalue weighted by Gasteiger charge is 2.30. The maximum Gasteiger partial charge on any atom is 0.336 e. The van der Waals surface area contributed by atoms with Crippen molar-refractivity contribution in [3.63, 3.8) is 0 Å². The summed E-state index contributed by atoms with van der Waals surface area (Å²) in [5.74, 6) is -1.20. The molecule has 0 amide bonds. The lowest BCUT2D eigenvalue weighted by Gasteiger charge is -2.23. The van der Waals surface area contributed by atoms with Gasteiger partial charge >= 0.3 is 5.97 Å². The summed E-state index contributed by atoms with van der Waals surface area (Å²) in [5.41, 5.74) is -0.469. The fraction of sp³-hybridized carbons (Fsp3) is 0.533. The number of aliphatic hydroxyl groups is 1. The van der Waals surface area contributed by atoms with E-state index in [0.29, 0.717) is 0 Å². The van der Waals surface area contributed by atoms with E-state index in [1.54, 1.807) is 0 Å². The zero-order valence-electron chi connectivity index (χ0n) is 11.9. The second-order valence-corrected chi connectivity index (χ2v) is 6.15. The van der Waals surface area contributed by atoms with Crippen molar-refractivity contribution in [3.8, 4) is 0 Å². The van der Waals surface area contributed by atoms with Crippen LogP contribution in [0.3, 0.4) is 0 Å². The van der Waals surface area contributed by atoms with Gasteiger partial charge in [-0.25, -0.2) is 4.79 Å². The van der Waals surface area contributed by atoms with E-state index in [2.05, 4.69) is 40.3 Å². The summed E-state index contributed by atoms with van der Waals surface area (Å²) in [6.07, 6.45) is 2.73. The molecule has 0 saturated heterocycles.